The Hall–Kier alpha value is -2.53. The number of amides is 1. The van der Waals surface area contributed by atoms with E-state index in [0.717, 1.165) is 24.8 Å². The fourth-order valence-corrected chi connectivity index (χ4v) is 3.15. The molecule has 0 spiro atoms. The first kappa shape index (κ1) is 19.2. The molecule has 0 aromatic heterocycles. The van der Waals surface area contributed by atoms with Crippen molar-refractivity contribution in [2.24, 2.45) is 0 Å². The van der Waals surface area contributed by atoms with E-state index in [4.69, 9.17) is 21.1 Å². The molecule has 0 bridgehead atoms. The van der Waals surface area contributed by atoms with Gasteiger partial charge in [-0.25, -0.2) is 4.79 Å². The van der Waals surface area contributed by atoms with Crippen LogP contribution in [-0.2, 0) is 33.7 Å². The van der Waals surface area contributed by atoms with Gasteiger partial charge in [-0.15, -0.1) is 0 Å². The molecule has 0 heterocycles. The molecule has 27 heavy (non-hydrogen) atoms. The molecule has 0 saturated carbocycles. The van der Waals surface area contributed by atoms with Crippen LogP contribution in [0.15, 0.2) is 42.5 Å². The van der Waals surface area contributed by atoms with Crippen LogP contribution in [0.25, 0.3) is 0 Å². The number of ether oxygens (including phenoxy) is 2. The van der Waals surface area contributed by atoms with Crippen LogP contribution in [-0.4, -0.2) is 37.0 Å². The van der Waals surface area contributed by atoms with Crippen LogP contribution in [0, 0.1) is 0 Å². The van der Waals surface area contributed by atoms with Crippen LogP contribution < -0.4 is 4.74 Å². The second kappa shape index (κ2) is 8.91. The summed E-state index contributed by atoms with van der Waals surface area (Å²) in [6.07, 6.45) is 3.31. The third-order valence-corrected chi connectivity index (χ3v) is 4.79. The third kappa shape index (κ3) is 5.47. The Labute approximate surface area is 163 Å². The number of hydrogen-bond donors (Lipinski definition) is 0. The van der Waals surface area contributed by atoms with Crippen LogP contribution in [0.3, 0.4) is 0 Å². The van der Waals surface area contributed by atoms with Crippen LogP contribution >= 0.6 is 11.6 Å². The largest absolute Gasteiger partial charge is 0.482 e. The molecule has 1 amide bonds. The lowest BCUT2D eigenvalue weighted by Crippen LogP contribution is -2.31. The molecule has 1 aliphatic carbocycles. The number of esters is 1. The van der Waals surface area contributed by atoms with Gasteiger partial charge in [0.25, 0.3) is 5.91 Å². The highest BCUT2D eigenvalue weighted by Gasteiger charge is 2.14. The Morgan fingerprint density at radius 1 is 1.04 bits per heavy atom. The normalized spacial score (nSPS) is 12.4. The number of nitrogens with zero attached hydrogens (tertiary/aromatic N) is 1. The summed E-state index contributed by atoms with van der Waals surface area (Å²) in [5, 5.41) is 0.644. The topological polar surface area (TPSA) is 55.8 Å². The maximum absolute atomic E-state index is 12.1. The summed E-state index contributed by atoms with van der Waals surface area (Å²) < 4.78 is 10.5. The molecule has 0 saturated heterocycles. The van der Waals surface area contributed by atoms with Gasteiger partial charge < -0.3 is 14.4 Å². The van der Waals surface area contributed by atoms with Gasteiger partial charge in [-0.05, 0) is 60.2 Å². The van der Waals surface area contributed by atoms with E-state index in [9.17, 15) is 9.59 Å². The number of benzene rings is 2. The van der Waals surface area contributed by atoms with Gasteiger partial charge in [0.1, 0.15) is 5.75 Å². The van der Waals surface area contributed by atoms with Crippen molar-refractivity contribution < 1.29 is 19.1 Å². The minimum Gasteiger partial charge on any atom is -0.482 e. The molecule has 0 radical (unpaired) electrons. The van der Waals surface area contributed by atoms with E-state index in [1.54, 1.807) is 19.2 Å². The molecule has 6 heteroatoms. The minimum absolute atomic E-state index is 0.215. The lowest BCUT2D eigenvalue weighted by molar-refractivity contribution is -0.153. The fraction of sp³-hybridized carbons (Fsp3) is 0.333. The highest BCUT2D eigenvalue weighted by molar-refractivity contribution is 6.30. The third-order valence-electron chi connectivity index (χ3n) is 4.54. The maximum Gasteiger partial charge on any atom is 0.344 e. The summed E-state index contributed by atoms with van der Waals surface area (Å²) in [6, 6.07) is 13.1. The van der Waals surface area contributed by atoms with Crippen LogP contribution in [0.5, 0.6) is 5.75 Å². The predicted molar refractivity (Wildman–Crippen MR) is 103 cm³/mol. The molecule has 0 fully saturated rings. The van der Waals surface area contributed by atoms with Crippen LogP contribution in [0.2, 0.25) is 5.02 Å². The molecule has 142 valence electrons. The Kier molecular flexibility index (Phi) is 6.35. The first-order valence-electron chi connectivity index (χ1n) is 8.90. The molecule has 3 rings (SSSR count). The minimum atomic E-state index is -0.566. The second-order valence-electron chi connectivity index (χ2n) is 6.61. The molecule has 5 nitrogen and oxygen atoms in total. The Bertz CT molecular complexity index is 819. The van der Waals surface area contributed by atoms with Crippen molar-refractivity contribution in [2.45, 2.75) is 25.8 Å². The standard InChI is InChI=1S/C21H22ClNO4/c1-23(12-15-5-8-18(22)9-6-15)20(24)13-27-21(25)14-26-19-10-7-16-3-2-4-17(16)11-19/h5-11H,2-4,12-14H2,1H3. The van der Waals surface area contributed by atoms with E-state index in [-0.39, 0.29) is 19.1 Å². The van der Waals surface area contributed by atoms with Crippen molar-refractivity contribution in [3.05, 3.63) is 64.2 Å². The molecule has 0 N–H and O–H groups in total. The lowest BCUT2D eigenvalue weighted by atomic mass is 10.1. The zero-order valence-corrected chi connectivity index (χ0v) is 16.0. The van der Waals surface area contributed by atoms with E-state index >= 15 is 0 Å². The Morgan fingerprint density at radius 2 is 1.78 bits per heavy atom. The van der Waals surface area contributed by atoms with Crippen molar-refractivity contribution in [3.8, 4) is 5.75 Å². The zero-order valence-electron chi connectivity index (χ0n) is 15.2. The summed E-state index contributed by atoms with van der Waals surface area (Å²) in [6.45, 7) is -0.109. The summed E-state index contributed by atoms with van der Waals surface area (Å²) in [5.74, 6) is -0.196. The molecule has 0 atom stereocenters. The monoisotopic (exact) mass is 387 g/mol. The first-order valence-corrected chi connectivity index (χ1v) is 9.28. The van der Waals surface area contributed by atoms with E-state index in [0.29, 0.717) is 17.3 Å². The fourth-order valence-electron chi connectivity index (χ4n) is 3.03. The molecular weight excluding hydrogens is 366 g/mol. The number of hydrogen-bond acceptors (Lipinski definition) is 4. The van der Waals surface area contributed by atoms with E-state index in [1.165, 1.54) is 16.0 Å². The summed E-state index contributed by atoms with van der Waals surface area (Å²) in [5.41, 5.74) is 3.57. The summed E-state index contributed by atoms with van der Waals surface area (Å²) in [4.78, 5) is 25.4. The van der Waals surface area contributed by atoms with Gasteiger partial charge in [0.15, 0.2) is 13.2 Å². The number of aryl methyl sites for hydroxylation is 2. The van der Waals surface area contributed by atoms with Gasteiger partial charge in [-0.1, -0.05) is 29.8 Å². The average molecular weight is 388 g/mol. The van der Waals surface area contributed by atoms with Crippen molar-refractivity contribution in [2.75, 3.05) is 20.3 Å². The number of likely N-dealkylation sites (N-methyl/N-ethyl adjacent to an activating group) is 1. The first-order chi connectivity index (χ1) is 13.0. The van der Waals surface area contributed by atoms with E-state index in [1.807, 2.05) is 30.3 Å². The van der Waals surface area contributed by atoms with Crippen molar-refractivity contribution >= 4 is 23.5 Å². The second-order valence-corrected chi connectivity index (χ2v) is 7.05. The van der Waals surface area contributed by atoms with Crippen molar-refractivity contribution in [1.82, 2.24) is 4.90 Å². The van der Waals surface area contributed by atoms with Gasteiger partial charge in [0.05, 0.1) is 0 Å². The zero-order chi connectivity index (χ0) is 19.2. The Morgan fingerprint density at radius 3 is 2.56 bits per heavy atom. The van der Waals surface area contributed by atoms with E-state index in [2.05, 4.69) is 0 Å². The number of fused-ring (bicyclic) bond motifs is 1. The summed E-state index contributed by atoms with van der Waals surface area (Å²) in [7, 11) is 1.66. The molecular formula is C21H22ClNO4. The van der Waals surface area contributed by atoms with E-state index < -0.39 is 5.97 Å². The smallest absolute Gasteiger partial charge is 0.344 e. The van der Waals surface area contributed by atoms with Crippen LogP contribution in [0.4, 0.5) is 0 Å². The highest BCUT2D eigenvalue weighted by atomic mass is 35.5. The highest BCUT2D eigenvalue weighted by Crippen LogP contribution is 2.25. The Balaban J connectivity index is 1.40. The SMILES string of the molecule is CN(Cc1ccc(Cl)cc1)C(=O)COC(=O)COc1ccc2c(c1)CCC2. The van der Waals surface area contributed by atoms with Gasteiger partial charge in [0, 0.05) is 18.6 Å². The van der Waals surface area contributed by atoms with Gasteiger partial charge in [0.2, 0.25) is 0 Å². The molecule has 0 aliphatic heterocycles. The van der Waals surface area contributed by atoms with Gasteiger partial charge >= 0.3 is 5.97 Å². The number of carbonyl (C=O) groups is 2. The van der Waals surface area contributed by atoms with Crippen LogP contribution in [0.1, 0.15) is 23.1 Å². The van der Waals surface area contributed by atoms with Crippen molar-refractivity contribution in [3.63, 3.8) is 0 Å². The number of halogens is 1. The number of rotatable bonds is 7. The van der Waals surface area contributed by atoms with Gasteiger partial charge in [-0.2, -0.15) is 0 Å². The van der Waals surface area contributed by atoms with Crippen molar-refractivity contribution in [1.29, 1.82) is 0 Å². The number of carbonyl (C=O) groups excluding carboxylic acids is 2. The summed E-state index contributed by atoms with van der Waals surface area (Å²) >= 11 is 5.85. The molecule has 0 unspecified atom stereocenters. The molecule has 2 aromatic rings. The molecule has 2 aromatic carbocycles. The lowest BCUT2D eigenvalue weighted by Gasteiger charge is -2.17. The quantitative estimate of drug-likeness (QED) is 0.683. The molecule has 1 aliphatic rings. The average Bonchev–Trinajstić information content (AvgIpc) is 3.14. The maximum atomic E-state index is 12.1. The predicted octanol–water partition coefficient (Wildman–Crippen LogP) is 3.41. The van der Waals surface area contributed by atoms with Gasteiger partial charge in [-0.3, -0.25) is 4.79 Å².